The van der Waals surface area contributed by atoms with Gasteiger partial charge in [-0.1, -0.05) is 263 Å². The average molecular weight is 944 g/mol. The highest BCUT2D eigenvalue weighted by Crippen LogP contribution is 2.17. The summed E-state index contributed by atoms with van der Waals surface area (Å²) >= 11 is 0. The summed E-state index contributed by atoms with van der Waals surface area (Å²) in [4.78, 5) is 38.1. The topological polar surface area (TPSA) is 78.9 Å². The van der Waals surface area contributed by atoms with E-state index in [0.717, 1.165) is 70.6 Å². The van der Waals surface area contributed by atoms with Gasteiger partial charge in [0.25, 0.3) is 0 Å². The lowest BCUT2D eigenvalue weighted by atomic mass is 10.0. The monoisotopic (exact) mass is 943 g/mol. The Balaban J connectivity index is 4.27. The summed E-state index contributed by atoms with van der Waals surface area (Å²) in [5.41, 5.74) is 0. The van der Waals surface area contributed by atoms with Gasteiger partial charge in [-0.2, -0.15) is 0 Å². The zero-order valence-electron chi connectivity index (χ0n) is 45.2. The SMILES string of the molecule is CCCCCC/C=C\CCCCCCCC(=O)O[C@H](COC(=O)CCCCCCC/C=C\CCCCCCCC)COC(=O)CCCCCCCCCCCCCCCCCCCCCCC. The maximum atomic E-state index is 12.8. The number of carbonyl (C=O) groups excluding carboxylic acids is 3. The van der Waals surface area contributed by atoms with Crippen molar-refractivity contribution >= 4 is 17.9 Å². The van der Waals surface area contributed by atoms with Gasteiger partial charge in [0.15, 0.2) is 6.10 Å². The molecule has 0 aromatic heterocycles. The normalized spacial score (nSPS) is 12.1. The minimum Gasteiger partial charge on any atom is -0.462 e. The molecule has 0 fully saturated rings. The lowest BCUT2D eigenvalue weighted by Gasteiger charge is -2.18. The van der Waals surface area contributed by atoms with Crippen molar-refractivity contribution in [2.75, 3.05) is 13.2 Å². The molecule has 0 aliphatic heterocycles. The van der Waals surface area contributed by atoms with Crippen LogP contribution in [0.15, 0.2) is 24.3 Å². The second kappa shape index (κ2) is 56.5. The number of ether oxygens (including phenoxy) is 3. The smallest absolute Gasteiger partial charge is 0.306 e. The summed E-state index contributed by atoms with van der Waals surface area (Å²) in [6.45, 7) is 6.66. The number of hydrogen-bond donors (Lipinski definition) is 0. The van der Waals surface area contributed by atoms with Gasteiger partial charge < -0.3 is 14.2 Å². The molecule has 0 saturated carbocycles. The fourth-order valence-corrected chi connectivity index (χ4v) is 8.91. The Bertz CT molecular complexity index is 1080. The molecule has 0 aromatic rings. The van der Waals surface area contributed by atoms with Crippen molar-refractivity contribution in [3.8, 4) is 0 Å². The number of esters is 3. The van der Waals surface area contributed by atoms with Crippen LogP contribution in [-0.2, 0) is 28.6 Å². The average Bonchev–Trinajstić information content (AvgIpc) is 3.33. The van der Waals surface area contributed by atoms with Crippen LogP contribution in [-0.4, -0.2) is 37.2 Å². The van der Waals surface area contributed by atoms with Gasteiger partial charge in [0.1, 0.15) is 13.2 Å². The van der Waals surface area contributed by atoms with Crippen LogP contribution in [0, 0.1) is 0 Å². The summed E-state index contributed by atoms with van der Waals surface area (Å²) in [7, 11) is 0. The Morgan fingerprint density at radius 3 is 0.761 bits per heavy atom. The molecule has 0 spiro atoms. The van der Waals surface area contributed by atoms with Crippen molar-refractivity contribution in [3.63, 3.8) is 0 Å². The highest BCUT2D eigenvalue weighted by Gasteiger charge is 2.19. The molecular formula is C61H114O6. The fraction of sp³-hybridized carbons (Fsp3) is 0.885. The molecule has 6 nitrogen and oxygen atoms in total. The van der Waals surface area contributed by atoms with Gasteiger partial charge in [-0.05, 0) is 70.6 Å². The second-order valence-corrected chi connectivity index (χ2v) is 20.3. The number of rotatable bonds is 55. The van der Waals surface area contributed by atoms with Gasteiger partial charge in [0, 0.05) is 19.3 Å². The molecule has 0 radical (unpaired) electrons. The summed E-state index contributed by atoms with van der Waals surface area (Å²) in [5, 5.41) is 0. The van der Waals surface area contributed by atoms with Crippen molar-refractivity contribution in [1.29, 1.82) is 0 Å². The lowest BCUT2D eigenvalue weighted by Crippen LogP contribution is -2.30. The molecule has 0 N–H and O–H groups in total. The third kappa shape index (κ3) is 54.7. The number of unbranched alkanes of at least 4 members (excludes halogenated alkanes) is 40. The quantitative estimate of drug-likeness (QED) is 0.0262. The summed E-state index contributed by atoms with van der Waals surface area (Å²) < 4.78 is 16.9. The van der Waals surface area contributed by atoms with E-state index >= 15 is 0 Å². The van der Waals surface area contributed by atoms with E-state index in [1.54, 1.807) is 0 Å². The van der Waals surface area contributed by atoms with Crippen LogP contribution in [0.4, 0.5) is 0 Å². The predicted octanol–water partition coefficient (Wildman–Crippen LogP) is 19.9. The van der Waals surface area contributed by atoms with Crippen molar-refractivity contribution in [2.45, 2.75) is 335 Å². The molecular weight excluding hydrogens is 829 g/mol. The summed E-state index contributed by atoms with van der Waals surface area (Å²) in [6.07, 6.45) is 66.0. The zero-order valence-corrected chi connectivity index (χ0v) is 45.2. The highest BCUT2D eigenvalue weighted by molar-refractivity contribution is 5.71. The molecule has 1 atom stereocenters. The van der Waals surface area contributed by atoms with Crippen LogP contribution in [0.3, 0.4) is 0 Å². The van der Waals surface area contributed by atoms with Crippen LogP contribution in [0.5, 0.6) is 0 Å². The highest BCUT2D eigenvalue weighted by atomic mass is 16.6. The van der Waals surface area contributed by atoms with Crippen LogP contribution >= 0.6 is 0 Å². The first-order valence-corrected chi connectivity index (χ1v) is 29.8. The first kappa shape index (κ1) is 64.9. The molecule has 394 valence electrons. The standard InChI is InChI=1S/C61H114O6/c1-4-7-10-13-16-19-22-25-27-28-29-30-31-32-34-37-39-42-45-48-51-54-60(63)66-57-58(67-61(64)55-52-49-46-43-40-35-24-21-18-15-12-9-6-3)56-65-59(62)53-50-47-44-41-38-36-33-26-23-20-17-14-11-8-5-2/h21,24,26,33,58H,4-20,22-23,25,27-32,34-57H2,1-3H3/b24-21-,33-26-/t58-/m1/s1. The van der Waals surface area contributed by atoms with Gasteiger partial charge in [-0.3, -0.25) is 14.4 Å². The van der Waals surface area contributed by atoms with E-state index in [1.165, 1.54) is 218 Å². The van der Waals surface area contributed by atoms with Gasteiger partial charge in [-0.25, -0.2) is 0 Å². The zero-order chi connectivity index (χ0) is 48.6. The Morgan fingerprint density at radius 2 is 0.493 bits per heavy atom. The first-order valence-electron chi connectivity index (χ1n) is 29.8. The Morgan fingerprint density at radius 1 is 0.284 bits per heavy atom. The van der Waals surface area contributed by atoms with Crippen LogP contribution < -0.4 is 0 Å². The predicted molar refractivity (Wildman–Crippen MR) is 289 cm³/mol. The van der Waals surface area contributed by atoms with E-state index in [2.05, 4.69) is 45.1 Å². The van der Waals surface area contributed by atoms with Crippen molar-refractivity contribution in [2.24, 2.45) is 0 Å². The number of allylic oxidation sites excluding steroid dienone is 4. The molecule has 0 aromatic carbocycles. The van der Waals surface area contributed by atoms with Gasteiger partial charge in [0.05, 0.1) is 0 Å². The molecule has 0 aliphatic rings. The largest absolute Gasteiger partial charge is 0.462 e. The first-order chi connectivity index (χ1) is 33.0. The van der Waals surface area contributed by atoms with Crippen molar-refractivity contribution in [3.05, 3.63) is 24.3 Å². The van der Waals surface area contributed by atoms with Crippen LogP contribution in [0.25, 0.3) is 0 Å². The molecule has 67 heavy (non-hydrogen) atoms. The Labute approximate surface area is 417 Å². The summed E-state index contributed by atoms with van der Waals surface area (Å²) in [5.74, 6) is -0.870. The second-order valence-electron chi connectivity index (χ2n) is 20.3. The Kier molecular flexibility index (Phi) is 54.7. The van der Waals surface area contributed by atoms with E-state index < -0.39 is 6.10 Å². The van der Waals surface area contributed by atoms with Crippen LogP contribution in [0.1, 0.15) is 329 Å². The Hall–Kier alpha value is -2.11. The minimum absolute atomic E-state index is 0.0728. The van der Waals surface area contributed by atoms with Crippen LogP contribution in [0.2, 0.25) is 0 Å². The van der Waals surface area contributed by atoms with Gasteiger partial charge in [0.2, 0.25) is 0 Å². The van der Waals surface area contributed by atoms with E-state index in [-0.39, 0.29) is 31.1 Å². The number of hydrogen-bond acceptors (Lipinski definition) is 6. The maximum Gasteiger partial charge on any atom is 0.306 e. The molecule has 6 heteroatoms. The minimum atomic E-state index is -0.775. The molecule has 0 aliphatic carbocycles. The molecule has 0 unspecified atom stereocenters. The third-order valence-corrected chi connectivity index (χ3v) is 13.4. The van der Waals surface area contributed by atoms with E-state index in [0.29, 0.717) is 19.3 Å². The van der Waals surface area contributed by atoms with Gasteiger partial charge >= 0.3 is 17.9 Å². The van der Waals surface area contributed by atoms with Gasteiger partial charge in [-0.15, -0.1) is 0 Å². The lowest BCUT2D eigenvalue weighted by molar-refractivity contribution is -0.167. The maximum absolute atomic E-state index is 12.8. The van der Waals surface area contributed by atoms with E-state index in [1.807, 2.05) is 0 Å². The molecule has 0 saturated heterocycles. The molecule has 0 bridgehead atoms. The summed E-state index contributed by atoms with van der Waals surface area (Å²) in [6, 6.07) is 0. The van der Waals surface area contributed by atoms with Crippen molar-refractivity contribution < 1.29 is 28.6 Å². The number of carbonyl (C=O) groups is 3. The molecule has 0 amide bonds. The fourth-order valence-electron chi connectivity index (χ4n) is 8.91. The van der Waals surface area contributed by atoms with E-state index in [9.17, 15) is 14.4 Å². The molecule has 0 heterocycles. The van der Waals surface area contributed by atoms with Crippen molar-refractivity contribution in [1.82, 2.24) is 0 Å². The van der Waals surface area contributed by atoms with E-state index in [4.69, 9.17) is 14.2 Å². The third-order valence-electron chi connectivity index (χ3n) is 13.4. The molecule has 0 rings (SSSR count).